The van der Waals surface area contributed by atoms with Crippen LogP contribution in [-0.4, -0.2) is 42.4 Å². The van der Waals surface area contributed by atoms with Gasteiger partial charge in [0.15, 0.2) is 0 Å². The zero-order valence-corrected chi connectivity index (χ0v) is 11.6. The predicted molar refractivity (Wildman–Crippen MR) is 76.4 cm³/mol. The van der Waals surface area contributed by atoms with Gasteiger partial charge < -0.3 is 15.2 Å². The van der Waals surface area contributed by atoms with E-state index in [1.165, 1.54) is 4.90 Å². The van der Waals surface area contributed by atoms with Gasteiger partial charge in [0.2, 0.25) is 0 Å². The molecule has 6 heteroatoms. The number of hydrogen-bond donors (Lipinski definition) is 2. The van der Waals surface area contributed by atoms with Gasteiger partial charge in [0, 0.05) is 25.3 Å². The molecule has 21 heavy (non-hydrogen) atoms. The third-order valence-electron chi connectivity index (χ3n) is 3.98. The normalized spacial score (nSPS) is 23.9. The third kappa shape index (κ3) is 2.71. The van der Waals surface area contributed by atoms with Crippen molar-refractivity contribution in [1.82, 2.24) is 5.32 Å². The second-order valence-electron chi connectivity index (χ2n) is 5.38. The number of anilines is 1. The Balaban J connectivity index is 1.73. The molecule has 1 aromatic rings. The van der Waals surface area contributed by atoms with Crippen LogP contribution >= 0.6 is 0 Å². The van der Waals surface area contributed by atoms with Crippen molar-refractivity contribution in [2.75, 3.05) is 18.1 Å². The first-order valence-electron chi connectivity index (χ1n) is 7.16. The monoisotopic (exact) mass is 290 g/mol. The molecule has 2 N–H and O–H groups in total. The molecule has 0 aliphatic carbocycles. The molecule has 0 spiro atoms. The molecule has 112 valence electrons. The maximum Gasteiger partial charge on any atom is 0.327 e. The second-order valence-corrected chi connectivity index (χ2v) is 5.38. The first kappa shape index (κ1) is 13.9. The SMILES string of the molecule is O=C(O)C1Cc2ccccc2N1C(=O)NCC1CCCO1. The Morgan fingerprint density at radius 2 is 2.19 bits per heavy atom. The van der Waals surface area contributed by atoms with Crippen LogP contribution in [0.3, 0.4) is 0 Å². The average molecular weight is 290 g/mol. The molecule has 2 atom stereocenters. The minimum Gasteiger partial charge on any atom is -0.480 e. The summed E-state index contributed by atoms with van der Waals surface area (Å²) in [5, 5.41) is 12.1. The van der Waals surface area contributed by atoms with Crippen LogP contribution in [0, 0.1) is 0 Å². The molecule has 0 aromatic heterocycles. The number of rotatable bonds is 3. The Labute approximate surface area is 122 Å². The van der Waals surface area contributed by atoms with Crippen molar-refractivity contribution in [3.63, 3.8) is 0 Å². The summed E-state index contributed by atoms with van der Waals surface area (Å²) < 4.78 is 5.46. The van der Waals surface area contributed by atoms with Crippen LogP contribution in [0.2, 0.25) is 0 Å². The highest BCUT2D eigenvalue weighted by atomic mass is 16.5. The maximum atomic E-state index is 12.4. The number of carboxylic acid groups (broad SMARTS) is 1. The van der Waals surface area contributed by atoms with Crippen LogP contribution < -0.4 is 10.2 Å². The molecule has 1 saturated heterocycles. The summed E-state index contributed by atoms with van der Waals surface area (Å²) in [6, 6.07) is 6.09. The van der Waals surface area contributed by atoms with Crippen molar-refractivity contribution in [3.8, 4) is 0 Å². The number of amides is 2. The fourth-order valence-electron chi connectivity index (χ4n) is 2.93. The Morgan fingerprint density at radius 3 is 2.90 bits per heavy atom. The Bertz CT molecular complexity index is 554. The van der Waals surface area contributed by atoms with Crippen LogP contribution in [-0.2, 0) is 16.0 Å². The highest BCUT2D eigenvalue weighted by molar-refractivity contribution is 6.01. The van der Waals surface area contributed by atoms with Crippen molar-refractivity contribution in [1.29, 1.82) is 0 Å². The summed E-state index contributed by atoms with van der Waals surface area (Å²) in [5.41, 5.74) is 1.56. The van der Waals surface area contributed by atoms with Gasteiger partial charge in [-0.15, -0.1) is 0 Å². The summed E-state index contributed by atoms with van der Waals surface area (Å²) in [7, 11) is 0. The number of nitrogens with zero attached hydrogens (tertiary/aromatic N) is 1. The molecule has 1 fully saturated rings. The number of carbonyl (C=O) groups excluding carboxylic acids is 1. The minimum absolute atomic E-state index is 0.0371. The topological polar surface area (TPSA) is 78.9 Å². The number of fused-ring (bicyclic) bond motifs is 1. The molecular weight excluding hydrogens is 272 g/mol. The van der Waals surface area contributed by atoms with E-state index in [4.69, 9.17) is 4.74 Å². The van der Waals surface area contributed by atoms with Crippen LogP contribution in [0.1, 0.15) is 18.4 Å². The minimum atomic E-state index is -0.988. The summed E-state index contributed by atoms with van der Waals surface area (Å²) >= 11 is 0. The molecule has 6 nitrogen and oxygen atoms in total. The molecule has 0 saturated carbocycles. The summed E-state index contributed by atoms with van der Waals surface area (Å²) in [6.07, 6.45) is 2.32. The number of hydrogen-bond acceptors (Lipinski definition) is 3. The van der Waals surface area contributed by atoms with E-state index in [0.29, 0.717) is 18.7 Å². The number of para-hydroxylation sites is 1. The first-order valence-corrected chi connectivity index (χ1v) is 7.16. The van der Waals surface area contributed by atoms with E-state index in [0.717, 1.165) is 25.0 Å². The van der Waals surface area contributed by atoms with Crippen molar-refractivity contribution in [2.24, 2.45) is 0 Å². The van der Waals surface area contributed by atoms with Gasteiger partial charge in [-0.1, -0.05) is 18.2 Å². The van der Waals surface area contributed by atoms with E-state index in [-0.39, 0.29) is 12.1 Å². The fraction of sp³-hybridized carbons (Fsp3) is 0.467. The number of carbonyl (C=O) groups is 2. The van der Waals surface area contributed by atoms with E-state index >= 15 is 0 Å². The lowest BCUT2D eigenvalue weighted by Crippen LogP contribution is -2.49. The largest absolute Gasteiger partial charge is 0.480 e. The highest BCUT2D eigenvalue weighted by Gasteiger charge is 2.38. The molecule has 0 bridgehead atoms. The Morgan fingerprint density at radius 1 is 1.38 bits per heavy atom. The second kappa shape index (κ2) is 5.73. The lowest BCUT2D eigenvalue weighted by molar-refractivity contribution is -0.138. The predicted octanol–water partition coefficient (Wildman–Crippen LogP) is 1.39. The summed E-state index contributed by atoms with van der Waals surface area (Å²) in [6.45, 7) is 1.15. The fourth-order valence-corrected chi connectivity index (χ4v) is 2.93. The molecule has 2 aliphatic heterocycles. The molecular formula is C15H18N2O4. The van der Waals surface area contributed by atoms with Gasteiger partial charge in [0.05, 0.1) is 6.10 Å². The number of carboxylic acids is 1. The van der Waals surface area contributed by atoms with Gasteiger partial charge in [-0.05, 0) is 24.5 Å². The molecule has 2 heterocycles. The number of nitrogens with one attached hydrogen (secondary N) is 1. The number of aliphatic carboxylic acids is 1. The summed E-state index contributed by atoms with van der Waals surface area (Å²) in [4.78, 5) is 25.1. The van der Waals surface area contributed by atoms with Crippen LogP contribution in [0.25, 0.3) is 0 Å². The third-order valence-corrected chi connectivity index (χ3v) is 3.98. The standard InChI is InChI=1S/C15H18N2O4/c18-14(19)13-8-10-4-1-2-6-12(10)17(13)15(20)16-9-11-5-3-7-21-11/h1-2,4,6,11,13H,3,5,7-9H2,(H,16,20)(H,18,19). The molecule has 2 unspecified atom stereocenters. The van der Waals surface area contributed by atoms with E-state index in [1.807, 2.05) is 18.2 Å². The molecule has 2 amide bonds. The number of urea groups is 1. The lowest BCUT2D eigenvalue weighted by atomic mass is 10.1. The Kier molecular flexibility index (Phi) is 3.79. The van der Waals surface area contributed by atoms with Gasteiger partial charge in [-0.2, -0.15) is 0 Å². The Hall–Kier alpha value is -2.08. The summed E-state index contributed by atoms with van der Waals surface area (Å²) in [5.74, 6) is -0.988. The van der Waals surface area contributed by atoms with Gasteiger partial charge in [0.25, 0.3) is 0 Å². The number of ether oxygens (including phenoxy) is 1. The average Bonchev–Trinajstić information content (AvgIpc) is 3.11. The zero-order chi connectivity index (χ0) is 14.8. The molecule has 1 aromatic carbocycles. The van der Waals surface area contributed by atoms with Crippen LogP contribution in [0.5, 0.6) is 0 Å². The van der Waals surface area contributed by atoms with Crippen molar-refractivity contribution >= 4 is 17.7 Å². The van der Waals surface area contributed by atoms with E-state index in [2.05, 4.69) is 5.32 Å². The van der Waals surface area contributed by atoms with Crippen molar-refractivity contribution in [2.45, 2.75) is 31.4 Å². The van der Waals surface area contributed by atoms with E-state index in [1.54, 1.807) is 6.07 Å². The quantitative estimate of drug-likeness (QED) is 0.881. The molecule has 3 rings (SSSR count). The smallest absolute Gasteiger partial charge is 0.327 e. The van der Waals surface area contributed by atoms with Gasteiger partial charge >= 0.3 is 12.0 Å². The highest BCUT2D eigenvalue weighted by Crippen LogP contribution is 2.32. The maximum absolute atomic E-state index is 12.4. The van der Waals surface area contributed by atoms with Gasteiger partial charge in [0.1, 0.15) is 6.04 Å². The van der Waals surface area contributed by atoms with E-state index < -0.39 is 12.0 Å². The molecule has 0 radical (unpaired) electrons. The first-order chi connectivity index (χ1) is 10.2. The van der Waals surface area contributed by atoms with Crippen LogP contribution in [0.4, 0.5) is 10.5 Å². The van der Waals surface area contributed by atoms with Crippen molar-refractivity contribution in [3.05, 3.63) is 29.8 Å². The van der Waals surface area contributed by atoms with Gasteiger partial charge in [-0.3, -0.25) is 4.90 Å². The molecule has 2 aliphatic rings. The lowest BCUT2D eigenvalue weighted by Gasteiger charge is -2.23. The van der Waals surface area contributed by atoms with Gasteiger partial charge in [-0.25, -0.2) is 9.59 Å². The van der Waals surface area contributed by atoms with Crippen molar-refractivity contribution < 1.29 is 19.4 Å². The van der Waals surface area contributed by atoms with E-state index in [9.17, 15) is 14.7 Å². The zero-order valence-electron chi connectivity index (χ0n) is 11.6. The van der Waals surface area contributed by atoms with Crippen LogP contribution in [0.15, 0.2) is 24.3 Å². The number of benzene rings is 1.